The first kappa shape index (κ1) is 15.5. The first-order valence-electron chi connectivity index (χ1n) is 6.78. The first-order valence-corrected chi connectivity index (χ1v) is 6.78. The molecule has 0 unspecified atom stereocenters. The van der Waals surface area contributed by atoms with Gasteiger partial charge in [-0.25, -0.2) is 0 Å². The number of benzene rings is 1. The van der Waals surface area contributed by atoms with E-state index in [0.717, 1.165) is 0 Å². The van der Waals surface area contributed by atoms with Gasteiger partial charge >= 0.3 is 0 Å². The van der Waals surface area contributed by atoms with Gasteiger partial charge in [0.15, 0.2) is 0 Å². The van der Waals surface area contributed by atoms with Gasteiger partial charge in [-0.3, -0.25) is 4.79 Å². The van der Waals surface area contributed by atoms with E-state index in [2.05, 4.69) is 5.32 Å². The van der Waals surface area contributed by atoms with E-state index in [1.807, 2.05) is 20.8 Å². The van der Waals surface area contributed by atoms with Crippen LogP contribution in [0.1, 0.15) is 44.0 Å². The Labute approximate surface area is 114 Å². The minimum atomic E-state index is -0.780. The predicted octanol–water partition coefficient (Wildman–Crippen LogP) is 2.37. The van der Waals surface area contributed by atoms with Crippen LogP contribution in [0.3, 0.4) is 0 Å². The van der Waals surface area contributed by atoms with Gasteiger partial charge in [0.25, 0.3) is 5.91 Å². The molecule has 0 bridgehead atoms. The SMILES string of the molecule is CCNC(=O)c1ccc(OCC(O)(CC)CC)cc1. The van der Waals surface area contributed by atoms with Crippen molar-refractivity contribution in [1.29, 1.82) is 0 Å². The number of hydrogen-bond acceptors (Lipinski definition) is 3. The van der Waals surface area contributed by atoms with Crippen LogP contribution in [0.5, 0.6) is 5.75 Å². The Kier molecular flexibility index (Phi) is 5.83. The number of aliphatic hydroxyl groups is 1. The van der Waals surface area contributed by atoms with E-state index in [9.17, 15) is 9.90 Å². The van der Waals surface area contributed by atoms with Crippen LogP contribution in [0.25, 0.3) is 0 Å². The molecule has 0 aromatic heterocycles. The highest BCUT2D eigenvalue weighted by Gasteiger charge is 2.23. The number of rotatable bonds is 7. The Bertz CT molecular complexity index is 396. The van der Waals surface area contributed by atoms with Crippen LogP contribution < -0.4 is 10.1 Å². The maximum absolute atomic E-state index is 11.6. The molecule has 4 heteroatoms. The number of carbonyl (C=O) groups excluding carboxylic acids is 1. The molecule has 1 aromatic carbocycles. The molecule has 106 valence electrons. The Balaban J connectivity index is 2.60. The number of amides is 1. The standard InChI is InChI=1S/C15H23NO3/c1-4-15(18,5-2)11-19-13-9-7-12(8-10-13)14(17)16-6-3/h7-10,18H,4-6,11H2,1-3H3,(H,16,17). The number of ether oxygens (including phenoxy) is 1. The van der Waals surface area contributed by atoms with Crippen LogP contribution >= 0.6 is 0 Å². The third kappa shape index (κ3) is 4.56. The molecule has 0 fully saturated rings. The second kappa shape index (κ2) is 7.14. The lowest BCUT2D eigenvalue weighted by Gasteiger charge is -2.25. The number of carbonyl (C=O) groups is 1. The van der Waals surface area contributed by atoms with Gasteiger partial charge in [-0.2, -0.15) is 0 Å². The fraction of sp³-hybridized carbons (Fsp3) is 0.533. The molecule has 0 spiro atoms. The summed E-state index contributed by atoms with van der Waals surface area (Å²) >= 11 is 0. The first-order chi connectivity index (χ1) is 9.04. The Morgan fingerprint density at radius 2 is 1.79 bits per heavy atom. The summed E-state index contributed by atoms with van der Waals surface area (Å²) in [5.74, 6) is 0.570. The van der Waals surface area contributed by atoms with Crippen molar-refractivity contribution >= 4 is 5.91 Å². The van der Waals surface area contributed by atoms with Crippen molar-refractivity contribution in [2.75, 3.05) is 13.2 Å². The summed E-state index contributed by atoms with van der Waals surface area (Å²) in [5, 5.41) is 12.8. The lowest BCUT2D eigenvalue weighted by atomic mass is 9.99. The quantitative estimate of drug-likeness (QED) is 0.795. The minimum absolute atomic E-state index is 0.0901. The van der Waals surface area contributed by atoms with Gasteiger partial charge < -0.3 is 15.2 Å². The average Bonchev–Trinajstić information content (AvgIpc) is 2.45. The van der Waals surface area contributed by atoms with E-state index < -0.39 is 5.60 Å². The van der Waals surface area contributed by atoms with Crippen molar-refractivity contribution in [3.63, 3.8) is 0 Å². The average molecular weight is 265 g/mol. The maximum atomic E-state index is 11.6. The summed E-state index contributed by atoms with van der Waals surface area (Å²) in [4.78, 5) is 11.6. The molecule has 0 radical (unpaired) electrons. The molecule has 0 atom stereocenters. The highest BCUT2D eigenvalue weighted by Crippen LogP contribution is 2.18. The third-order valence-corrected chi connectivity index (χ3v) is 3.28. The molecule has 0 saturated carbocycles. The van der Waals surface area contributed by atoms with E-state index in [0.29, 0.717) is 30.7 Å². The fourth-order valence-corrected chi connectivity index (χ4v) is 1.64. The largest absolute Gasteiger partial charge is 0.491 e. The molecule has 0 saturated heterocycles. The lowest BCUT2D eigenvalue weighted by molar-refractivity contribution is -0.0113. The fourth-order valence-electron chi connectivity index (χ4n) is 1.64. The predicted molar refractivity (Wildman–Crippen MR) is 75.5 cm³/mol. The molecule has 1 aromatic rings. The molecule has 0 aliphatic rings. The van der Waals surface area contributed by atoms with Crippen molar-refractivity contribution in [2.24, 2.45) is 0 Å². The summed E-state index contributed by atoms with van der Waals surface area (Å²) in [7, 11) is 0. The third-order valence-electron chi connectivity index (χ3n) is 3.28. The molecular weight excluding hydrogens is 242 g/mol. The van der Waals surface area contributed by atoms with Crippen molar-refractivity contribution in [1.82, 2.24) is 5.32 Å². The van der Waals surface area contributed by atoms with Crippen molar-refractivity contribution < 1.29 is 14.6 Å². The Hall–Kier alpha value is -1.55. The summed E-state index contributed by atoms with van der Waals surface area (Å²) in [5.41, 5.74) is -0.173. The van der Waals surface area contributed by atoms with E-state index in [-0.39, 0.29) is 12.5 Å². The van der Waals surface area contributed by atoms with Crippen molar-refractivity contribution in [3.05, 3.63) is 29.8 Å². The molecular formula is C15H23NO3. The second-order valence-corrected chi connectivity index (χ2v) is 4.60. The topological polar surface area (TPSA) is 58.6 Å². The van der Waals surface area contributed by atoms with E-state index in [1.165, 1.54) is 0 Å². The van der Waals surface area contributed by atoms with E-state index in [4.69, 9.17) is 4.74 Å². The summed E-state index contributed by atoms with van der Waals surface area (Å²) in [6.45, 7) is 6.62. The Morgan fingerprint density at radius 1 is 1.21 bits per heavy atom. The van der Waals surface area contributed by atoms with Gasteiger partial charge in [0.05, 0.1) is 5.60 Å². The molecule has 2 N–H and O–H groups in total. The van der Waals surface area contributed by atoms with E-state index >= 15 is 0 Å². The zero-order chi connectivity index (χ0) is 14.3. The molecule has 19 heavy (non-hydrogen) atoms. The monoisotopic (exact) mass is 265 g/mol. The van der Waals surface area contributed by atoms with Gasteiger partial charge in [-0.05, 0) is 44.0 Å². The van der Waals surface area contributed by atoms with E-state index in [1.54, 1.807) is 24.3 Å². The van der Waals surface area contributed by atoms with Crippen LogP contribution in [-0.4, -0.2) is 29.8 Å². The van der Waals surface area contributed by atoms with Gasteiger partial charge in [0.1, 0.15) is 12.4 Å². The van der Waals surface area contributed by atoms with Crippen molar-refractivity contribution in [2.45, 2.75) is 39.2 Å². The molecule has 0 heterocycles. The molecule has 0 aliphatic heterocycles. The summed E-state index contributed by atoms with van der Waals surface area (Å²) < 4.78 is 5.57. The van der Waals surface area contributed by atoms with Gasteiger partial charge in [0.2, 0.25) is 0 Å². The zero-order valence-electron chi connectivity index (χ0n) is 11.9. The zero-order valence-corrected chi connectivity index (χ0v) is 11.9. The molecule has 1 rings (SSSR count). The van der Waals surface area contributed by atoms with Crippen LogP contribution in [-0.2, 0) is 0 Å². The lowest BCUT2D eigenvalue weighted by Crippen LogP contribution is -2.34. The highest BCUT2D eigenvalue weighted by molar-refractivity contribution is 5.94. The summed E-state index contributed by atoms with van der Waals surface area (Å²) in [6, 6.07) is 6.93. The number of nitrogens with one attached hydrogen (secondary N) is 1. The highest BCUT2D eigenvalue weighted by atomic mass is 16.5. The Morgan fingerprint density at radius 3 is 2.26 bits per heavy atom. The van der Waals surface area contributed by atoms with Crippen LogP contribution in [0.4, 0.5) is 0 Å². The minimum Gasteiger partial charge on any atom is -0.491 e. The summed E-state index contributed by atoms with van der Waals surface area (Å²) in [6.07, 6.45) is 1.31. The molecule has 0 aliphatic carbocycles. The van der Waals surface area contributed by atoms with Crippen LogP contribution in [0, 0.1) is 0 Å². The smallest absolute Gasteiger partial charge is 0.251 e. The normalized spacial score (nSPS) is 11.2. The molecule has 1 amide bonds. The number of hydrogen-bond donors (Lipinski definition) is 2. The second-order valence-electron chi connectivity index (χ2n) is 4.60. The van der Waals surface area contributed by atoms with Gasteiger partial charge in [0, 0.05) is 12.1 Å². The van der Waals surface area contributed by atoms with Crippen molar-refractivity contribution in [3.8, 4) is 5.75 Å². The van der Waals surface area contributed by atoms with Crippen LogP contribution in [0.2, 0.25) is 0 Å². The van der Waals surface area contributed by atoms with Gasteiger partial charge in [-0.1, -0.05) is 13.8 Å². The maximum Gasteiger partial charge on any atom is 0.251 e. The molecule has 4 nitrogen and oxygen atoms in total. The van der Waals surface area contributed by atoms with Gasteiger partial charge in [-0.15, -0.1) is 0 Å². The van der Waals surface area contributed by atoms with Crippen LogP contribution in [0.15, 0.2) is 24.3 Å².